The third kappa shape index (κ3) is 488. The second kappa shape index (κ2) is 146. The van der Waals surface area contributed by atoms with E-state index in [2.05, 4.69) is 50.5 Å². The predicted octanol–water partition coefficient (Wildman–Crippen LogP) is 1.12. The Balaban J connectivity index is -0.00000000444. The quantitative estimate of drug-likeness (QED) is 0.250. The minimum absolute atomic E-state index is 0. The first kappa shape index (κ1) is 76.5. The van der Waals surface area contributed by atoms with Crippen LogP contribution in [0.15, 0.2) is 0 Å². The summed E-state index contributed by atoms with van der Waals surface area (Å²) < 4.78 is 0. The summed E-state index contributed by atoms with van der Waals surface area (Å²) in [5.74, 6) is 3.33. The van der Waals surface area contributed by atoms with E-state index in [1.807, 2.05) is 27.7 Å². The Morgan fingerprint density at radius 3 is 0.474 bits per heavy atom. The fourth-order valence-corrected chi connectivity index (χ4v) is 0. The molecule has 0 saturated carbocycles. The van der Waals surface area contributed by atoms with Crippen molar-refractivity contribution in [1.29, 1.82) is 0 Å². The van der Waals surface area contributed by atoms with E-state index < -0.39 is 0 Å². The molecule has 19 heavy (non-hydrogen) atoms. The summed E-state index contributed by atoms with van der Waals surface area (Å²) in [6.07, 6.45) is 0. The molecule has 0 nitrogen and oxygen atoms in total. The van der Waals surface area contributed by atoms with E-state index in [1.165, 1.54) is 0 Å². The van der Waals surface area contributed by atoms with E-state index in [9.17, 15) is 0 Å². The molecule has 0 heterocycles. The van der Waals surface area contributed by atoms with Crippen molar-refractivity contribution in [2.45, 2.75) is 27.7 Å². The van der Waals surface area contributed by atoms with Crippen LogP contribution in [0.25, 0.3) is 0 Å². The summed E-state index contributed by atoms with van der Waals surface area (Å²) in [6, 6.07) is 0. The molecule has 11 heteroatoms. The number of thiol groups is 4. The van der Waals surface area contributed by atoms with Gasteiger partial charge < -0.3 is 104 Å². The number of hydrogen-bond donors (Lipinski definition) is 0. The van der Waals surface area contributed by atoms with Crippen molar-refractivity contribution in [3.8, 4) is 0 Å². The summed E-state index contributed by atoms with van der Waals surface area (Å²) in [4.78, 5) is 0. The zero-order chi connectivity index (χ0) is 10.8. The monoisotopic (exact) mass is 544 g/mol. The average Bonchev–Trinajstić information content (AvgIpc) is 1.92. The van der Waals surface area contributed by atoms with Gasteiger partial charge in [0.05, 0.1) is 0 Å². The van der Waals surface area contributed by atoms with Gasteiger partial charge in [0.15, 0.2) is 0 Å². The van der Waals surface area contributed by atoms with Crippen LogP contribution in [-0.2, 0) is 156 Å². The molecule has 0 aliphatic carbocycles. The number of hydrogen-bond acceptors (Lipinski definition) is 8. The maximum atomic E-state index is 4.39. The van der Waals surface area contributed by atoms with Crippen LogP contribution < -0.4 is 0 Å². The first-order valence-electron chi connectivity index (χ1n) is 3.98. The second-order valence-electron chi connectivity index (χ2n) is 1.15. The van der Waals surface area contributed by atoms with Crippen molar-refractivity contribution in [2.75, 3.05) is 23.0 Å². The fraction of sp³-hybridized carbons (Fsp3) is 1.00. The van der Waals surface area contributed by atoms with Crippen molar-refractivity contribution >= 4 is 104 Å². The first-order chi connectivity index (χ1) is 5.66. The number of rotatable bonds is 0. The SMILES string of the molecule is CC[S-].CC[S-].CC[S-].CC[S-].[Fe+2].[Fe+2].[Fe+4].[SH-].[SH-].[SH-].[SH-]. The molecule has 0 rings (SSSR count). The van der Waals surface area contributed by atoms with E-state index in [0.29, 0.717) is 0 Å². The van der Waals surface area contributed by atoms with Crippen molar-refractivity contribution < 1.29 is 51.2 Å². The van der Waals surface area contributed by atoms with Crippen molar-refractivity contribution in [3.05, 3.63) is 0 Å². The van der Waals surface area contributed by atoms with Gasteiger partial charge in [-0.05, 0) is 0 Å². The smallest absolute Gasteiger partial charge is 0.813 e. The Labute approximate surface area is 203 Å². The molecule has 0 saturated heterocycles. The van der Waals surface area contributed by atoms with E-state index in [4.69, 9.17) is 0 Å². The fourth-order valence-electron chi connectivity index (χ4n) is 0. The van der Waals surface area contributed by atoms with Crippen LogP contribution in [0, 0.1) is 0 Å². The Morgan fingerprint density at radius 2 is 0.474 bits per heavy atom. The topological polar surface area (TPSA) is 0 Å². The van der Waals surface area contributed by atoms with E-state index >= 15 is 0 Å². The van der Waals surface area contributed by atoms with Gasteiger partial charge in [0.2, 0.25) is 0 Å². The summed E-state index contributed by atoms with van der Waals surface area (Å²) in [6.45, 7) is 7.76. The van der Waals surface area contributed by atoms with Crippen LogP contribution >= 0.6 is 0 Å². The van der Waals surface area contributed by atoms with Gasteiger partial charge in [-0.15, -0.1) is 0 Å². The van der Waals surface area contributed by atoms with E-state index in [0.717, 1.165) is 23.0 Å². The molecule has 0 N–H and O–H groups in total. The van der Waals surface area contributed by atoms with E-state index in [-0.39, 0.29) is 105 Å². The Morgan fingerprint density at radius 1 is 0.474 bits per heavy atom. The molecule has 0 bridgehead atoms. The minimum atomic E-state index is 0. The molecule has 0 aromatic rings. The molecule has 0 spiro atoms. The molecule has 0 fully saturated rings. The van der Waals surface area contributed by atoms with E-state index in [1.54, 1.807) is 0 Å². The maximum absolute atomic E-state index is 4.39. The van der Waals surface area contributed by atoms with Gasteiger partial charge in [-0.2, -0.15) is 23.0 Å². The molecule has 0 aliphatic heterocycles. The third-order valence-electron chi connectivity index (χ3n) is 0. The minimum Gasteiger partial charge on any atom is -0.813 e. The Bertz CT molecular complexity index is 36.0. The molecule has 0 unspecified atom stereocenters. The summed E-state index contributed by atoms with van der Waals surface area (Å²) in [5.41, 5.74) is 0. The summed E-state index contributed by atoms with van der Waals surface area (Å²) in [7, 11) is 0. The van der Waals surface area contributed by atoms with Gasteiger partial charge in [0.1, 0.15) is 0 Å². The van der Waals surface area contributed by atoms with Gasteiger partial charge >= 0.3 is 51.2 Å². The van der Waals surface area contributed by atoms with Crippen molar-refractivity contribution in [2.24, 2.45) is 0 Å². The molecule has 0 atom stereocenters. The van der Waals surface area contributed by atoms with Gasteiger partial charge in [0, 0.05) is 0 Å². The third-order valence-corrected chi connectivity index (χ3v) is 0. The average molecular weight is 544 g/mol. The maximum Gasteiger partial charge on any atom is 4.00 e. The molecular formula is C8H24Fe3S8. The van der Waals surface area contributed by atoms with Crippen LogP contribution in [0.2, 0.25) is 0 Å². The summed E-state index contributed by atoms with van der Waals surface area (Å²) in [5, 5.41) is 0. The Kier molecular flexibility index (Phi) is 587. The molecule has 0 aromatic carbocycles. The zero-order valence-electron chi connectivity index (χ0n) is 11.3. The largest absolute Gasteiger partial charge is 4.00 e. The molecule has 0 aliphatic rings. The van der Waals surface area contributed by atoms with Crippen LogP contribution in [0.1, 0.15) is 27.7 Å². The van der Waals surface area contributed by atoms with Crippen LogP contribution in [0.5, 0.6) is 0 Å². The van der Waals surface area contributed by atoms with Crippen LogP contribution in [0.4, 0.5) is 0 Å². The molecule has 0 amide bonds. The van der Waals surface area contributed by atoms with Crippen molar-refractivity contribution in [1.82, 2.24) is 0 Å². The second-order valence-corrected chi connectivity index (χ2v) is 3.46. The predicted molar refractivity (Wildman–Crippen MR) is 107 cm³/mol. The molecule has 0 aromatic heterocycles. The van der Waals surface area contributed by atoms with Gasteiger partial charge in [-0.25, -0.2) is 0 Å². The molecular weight excluding hydrogens is 520 g/mol. The normalized spacial score (nSPS) is 3.79. The van der Waals surface area contributed by atoms with Gasteiger partial charge in [-0.3, -0.25) is 0 Å². The van der Waals surface area contributed by atoms with Gasteiger partial charge in [-0.1, -0.05) is 27.7 Å². The standard InChI is InChI=1S/4C2H6S.3Fe.4H2S/c4*1-2-3;;;;;;;/h4*3H,2H2,1H3;;;;4*1H2/q;;;;2*+2;+4;;;;/p-8. The Hall–Kier alpha value is 4.36. The molecule has 128 valence electrons. The first-order valence-corrected chi connectivity index (χ1v) is 6.29. The molecule has 0 radical (unpaired) electrons. The zero-order valence-corrected chi connectivity index (χ0v) is 21.5. The van der Waals surface area contributed by atoms with Crippen LogP contribution in [0.3, 0.4) is 0 Å². The van der Waals surface area contributed by atoms with Crippen LogP contribution in [-0.4, -0.2) is 23.0 Å². The van der Waals surface area contributed by atoms with Gasteiger partial charge in [0.25, 0.3) is 0 Å². The van der Waals surface area contributed by atoms with Crippen molar-refractivity contribution in [3.63, 3.8) is 0 Å². The summed E-state index contributed by atoms with van der Waals surface area (Å²) >= 11 is 17.6.